The van der Waals surface area contributed by atoms with Crippen molar-refractivity contribution in [3.05, 3.63) is 12.2 Å². The Bertz CT molecular complexity index is 717. The van der Waals surface area contributed by atoms with Crippen molar-refractivity contribution >= 4 is 5.90 Å². The molecule has 5 aliphatic carbocycles. The van der Waals surface area contributed by atoms with Crippen molar-refractivity contribution in [2.75, 3.05) is 0 Å². The minimum atomic E-state index is 0.375. The van der Waals surface area contributed by atoms with E-state index in [1.807, 2.05) is 0 Å². The van der Waals surface area contributed by atoms with Gasteiger partial charge in [0.25, 0.3) is 0 Å². The molecule has 3 unspecified atom stereocenters. The number of allylic oxidation sites excluding steroid dienone is 1. The van der Waals surface area contributed by atoms with Gasteiger partial charge in [-0.2, -0.15) is 0 Å². The molecule has 202 valence electrons. The lowest BCUT2D eigenvalue weighted by Crippen LogP contribution is -2.51. The Balaban J connectivity index is 1.01. The monoisotopic (exact) mass is 494 g/mol. The summed E-state index contributed by atoms with van der Waals surface area (Å²) in [4.78, 5) is 8.21. The first-order valence-corrected chi connectivity index (χ1v) is 16.5. The van der Waals surface area contributed by atoms with Crippen molar-refractivity contribution in [2.45, 2.75) is 172 Å². The first-order chi connectivity index (χ1) is 17.8. The summed E-state index contributed by atoms with van der Waals surface area (Å²) in [6.45, 7) is 0. The normalized spacial score (nSPS) is 37.7. The summed E-state index contributed by atoms with van der Waals surface area (Å²) in [6, 6.07) is 3.07. The molecule has 0 amide bonds. The summed E-state index contributed by atoms with van der Waals surface area (Å²) in [6.07, 6.45) is 36.6. The number of hydrogen-bond acceptors (Lipinski definition) is 3. The van der Waals surface area contributed by atoms with E-state index in [-0.39, 0.29) is 0 Å². The molecule has 0 N–H and O–H groups in total. The van der Waals surface area contributed by atoms with Gasteiger partial charge in [0.2, 0.25) is 5.90 Å². The van der Waals surface area contributed by atoms with Crippen LogP contribution in [0, 0.1) is 17.8 Å². The fraction of sp³-hybridized carbons (Fsp3) is 0.909. The smallest absolute Gasteiger partial charge is 0.208 e. The predicted octanol–water partition coefficient (Wildman–Crippen LogP) is 8.62. The van der Waals surface area contributed by atoms with Gasteiger partial charge in [-0.05, 0) is 94.5 Å². The predicted molar refractivity (Wildman–Crippen MR) is 150 cm³/mol. The molecule has 6 aliphatic rings. The van der Waals surface area contributed by atoms with Crippen LogP contribution in [0.2, 0.25) is 0 Å². The molecule has 3 atom stereocenters. The molecule has 3 heteroatoms. The van der Waals surface area contributed by atoms with Crippen LogP contribution in [0.3, 0.4) is 0 Å². The second-order valence-corrected chi connectivity index (χ2v) is 13.6. The molecule has 5 fully saturated rings. The summed E-state index contributed by atoms with van der Waals surface area (Å²) >= 11 is 0. The molecule has 0 aromatic heterocycles. The number of aliphatic imine (C=N–C) groups is 1. The first-order valence-electron chi connectivity index (χ1n) is 16.5. The van der Waals surface area contributed by atoms with Crippen LogP contribution in [-0.4, -0.2) is 41.1 Å². The Kier molecular flexibility index (Phi) is 8.73. The number of fused-ring (bicyclic) bond motifs is 1. The summed E-state index contributed by atoms with van der Waals surface area (Å²) in [5, 5.41) is 0. The standard InChI is InChI=1S/C33H54N2O/c1-4-10-26(11-5-1)27-19-22-32-31(24-27)34-33(36-32)23-18-25-16-20-30(21-17-25)35(28-12-6-2-7-13-28)29-14-8-3-9-15-29/h18,23,25-32H,1-17,19-22,24H2. The van der Waals surface area contributed by atoms with Gasteiger partial charge in [0.15, 0.2) is 0 Å². The number of rotatable bonds is 6. The van der Waals surface area contributed by atoms with Crippen LogP contribution in [0.4, 0.5) is 0 Å². The number of hydrogen-bond donors (Lipinski definition) is 0. The van der Waals surface area contributed by atoms with Gasteiger partial charge < -0.3 is 4.74 Å². The Labute approximate surface area is 221 Å². The van der Waals surface area contributed by atoms with Crippen LogP contribution < -0.4 is 0 Å². The maximum Gasteiger partial charge on any atom is 0.208 e. The third kappa shape index (κ3) is 6.08. The fourth-order valence-corrected chi connectivity index (χ4v) is 9.35. The minimum absolute atomic E-state index is 0.375. The molecule has 0 aromatic rings. The third-order valence-corrected chi connectivity index (χ3v) is 11.3. The van der Waals surface area contributed by atoms with Crippen LogP contribution >= 0.6 is 0 Å². The van der Waals surface area contributed by atoms with Crippen molar-refractivity contribution in [1.29, 1.82) is 0 Å². The number of nitrogens with zero attached hydrogens (tertiary/aromatic N) is 2. The highest BCUT2D eigenvalue weighted by Gasteiger charge is 2.39. The van der Waals surface area contributed by atoms with Gasteiger partial charge in [0.05, 0.1) is 6.04 Å². The van der Waals surface area contributed by atoms with Gasteiger partial charge in [0, 0.05) is 18.1 Å². The van der Waals surface area contributed by atoms with Gasteiger partial charge in [-0.1, -0.05) is 76.7 Å². The third-order valence-electron chi connectivity index (χ3n) is 11.3. The van der Waals surface area contributed by atoms with Crippen molar-refractivity contribution in [3.63, 3.8) is 0 Å². The minimum Gasteiger partial charge on any atom is -0.472 e. The highest BCUT2D eigenvalue weighted by molar-refractivity contribution is 5.89. The molecule has 0 radical (unpaired) electrons. The van der Waals surface area contributed by atoms with E-state index in [9.17, 15) is 0 Å². The Hall–Kier alpha value is -0.830. The molecule has 0 saturated heterocycles. The summed E-state index contributed by atoms with van der Waals surface area (Å²) in [5.74, 6) is 3.58. The molecule has 1 aliphatic heterocycles. The highest BCUT2D eigenvalue weighted by Crippen LogP contribution is 2.42. The summed E-state index contributed by atoms with van der Waals surface area (Å²) < 4.78 is 6.37. The average molecular weight is 495 g/mol. The second kappa shape index (κ2) is 12.4. The molecular formula is C33H54N2O. The lowest BCUT2D eigenvalue weighted by Gasteiger charge is -2.48. The largest absolute Gasteiger partial charge is 0.472 e. The van der Waals surface area contributed by atoms with Gasteiger partial charge in [-0.25, -0.2) is 4.99 Å². The lowest BCUT2D eigenvalue weighted by atomic mass is 9.71. The molecule has 0 spiro atoms. The zero-order valence-corrected chi connectivity index (χ0v) is 23.1. The van der Waals surface area contributed by atoms with Crippen molar-refractivity contribution in [2.24, 2.45) is 22.7 Å². The van der Waals surface area contributed by atoms with E-state index in [4.69, 9.17) is 9.73 Å². The Morgan fingerprint density at radius 2 is 1.17 bits per heavy atom. The van der Waals surface area contributed by atoms with Crippen LogP contribution in [-0.2, 0) is 4.74 Å². The molecule has 6 rings (SSSR count). The van der Waals surface area contributed by atoms with Gasteiger partial charge >= 0.3 is 0 Å². The van der Waals surface area contributed by atoms with Crippen molar-refractivity contribution in [1.82, 2.24) is 4.90 Å². The van der Waals surface area contributed by atoms with E-state index in [1.54, 1.807) is 0 Å². The topological polar surface area (TPSA) is 24.8 Å². The fourth-order valence-electron chi connectivity index (χ4n) is 9.35. The summed E-state index contributed by atoms with van der Waals surface area (Å²) in [5.41, 5.74) is 0. The first kappa shape index (κ1) is 25.4. The zero-order chi connectivity index (χ0) is 24.2. The molecule has 36 heavy (non-hydrogen) atoms. The van der Waals surface area contributed by atoms with E-state index in [0.29, 0.717) is 12.1 Å². The number of ether oxygens (including phenoxy) is 1. The van der Waals surface area contributed by atoms with Crippen LogP contribution in [0.25, 0.3) is 0 Å². The van der Waals surface area contributed by atoms with Crippen LogP contribution in [0.1, 0.15) is 141 Å². The molecule has 5 saturated carbocycles. The van der Waals surface area contributed by atoms with Gasteiger partial charge in [-0.3, -0.25) is 4.90 Å². The molecular weight excluding hydrogens is 440 g/mol. The van der Waals surface area contributed by atoms with Crippen molar-refractivity contribution in [3.8, 4) is 0 Å². The maximum absolute atomic E-state index is 6.37. The van der Waals surface area contributed by atoms with E-state index in [2.05, 4.69) is 17.1 Å². The van der Waals surface area contributed by atoms with Crippen LogP contribution in [0.5, 0.6) is 0 Å². The van der Waals surface area contributed by atoms with E-state index in [1.165, 1.54) is 141 Å². The molecule has 3 nitrogen and oxygen atoms in total. The van der Waals surface area contributed by atoms with Crippen molar-refractivity contribution < 1.29 is 4.74 Å². The molecule has 1 heterocycles. The Morgan fingerprint density at radius 3 is 1.81 bits per heavy atom. The lowest BCUT2D eigenvalue weighted by molar-refractivity contribution is 0.0182. The van der Waals surface area contributed by atoms with Gasteiger partial charge in [-0.15, -0.1) is 0 Å². The van der Waals surface area contributed by atoms with E-state index in [0.717, 1.165) is 41.8 Å². The SMILES string of the molecule is C(=CC1CCC(N(C2CCCCC2)C2CCCCC2)CC1)C1=NC2CC(C3CCCCC3)CCC2O1. The average Bonchev–Trinajstić information content (AvgIpc) is 3.37. The van der Waals surface area contributed by atoms with Gasteiger partial charge in [0.1, 0.15) is 6.10 Å². The van der Waals surface area contributed by atoms with E-state index < -0.39 is 0 Å². The maximum atomic E-state index is 6.37. The van der Waals surface area contributed by atoms with Crippen LogP contribution in [0.15, 0.2) is 17.1 Å². The van der Waals surface area contributed by atoms with E-state index >= 15 is 0 Å². The highest BCUT2D eigenvalue weighted by atomic mass is 16.5. The summed E-state index contributed by atoms with van der Waals surface area (Å²) in [7, 11) is 0. The Morgan fingerprint density at radius 1 is 0.583 bits per heavy atom. The quantitative estimate of drug-likeness (QED) is 0.369. The zero-order valence-electron chi connectivity index (χ0n) is 23.1. The second-order valence-electron chi connectivity index (χ2n) is 13.6. The molecule has 0 bridgehead atoms. The molecule has 0 aromatic carbocycles.